The Hall–Kier alpha value is -0.910. The minimum Gasteiger partial charge on any atom is -0.365 e. The van der Waals surface area contributed by atoms with Crippen molar-refractivity contribution in [2.45, 2.75) is 6.10 Å². The Morgan fingerprint density at radius 3 is 2.94 bits per heavy atom. The van der Waals surface area contributed by atoms with Crippen molar-refractivity contribution in [1.82, 2.24) is 0 Å². The van der Waals surface area contributed by atoms with Gasteiger partial charge >= 0.3 is 0 Å². The van der Waals surface area contributed by atoms with E-state index in [1.165, 1.54) is 0 Å². The summed E-state index contributed by atoms with van der Waals surface area (Å²) in [6.07, 6.45) is -0.0789. The van der Waals surface area contributed by atoms with Crippen molar-refractivity contribution in [3.05, 3.63) is 28.7 Å². The fourth-order valence-electron chi connectivity index (χ4n) is 1.67. The van der Waals surface area contributed by atoms with Crippen molar-refractivity contribution < 1.29 is 9.53 Å². The van der Waals surface area contributed by atoms with Crippen LogP contribution in [0.4, 0.5) is 5.69 Å². The van der Waals surface area contributed by atoms with Gasteiger partial charge in [-0.25, -0.2) is 0 Å². The molecule has 1 saturated heterocycles. The molecule has 16 heavy (non-hydrogen) atoms. The SMILES string of the molecule is NCC1CN(c2ccccc2Br)C(=O)CO1. The van der Waals surface area contributed by atoms with Gasteiger partial charge in [-0.05, 0) is 28.1 Å². The molecule has 1 aliphatic heterocycles. The smallest absolute Gasteiger partial charge is 0.253 e. The van der Waals surface area contributed by atoms with Crippen LogP contribution < -0.4 is 10.6 Å². The van der Waals surface area contributed by atoms with Crippen LogP contribution in [-0.2, 0) is 9.53 Å². The van der Waals surface area contributed by atoms with E-state index in [1.54, 1.807) is 4.90 Å². The molecule has 0 bridgehead atoms. The summed E-state index contributed by atoms with van der Waals surface area (Å²) in [7, 11) is 0. The fourth-order valence-corrected chi connectivity index (χ4v) is 2.17. The van der Waals surface area contributed by atoms with E-state index in [2.05, 4.69) is 15.9 Å². The van der Waals surface area contributed by atoms with Crippen LogP contribution in [0.1, 0.15) is 0 Å². The van der Waals surface area contributed by atoms with Gasteiger partial charge < -0.3 is 15.4 Å². The molecule has 1 atom stereocenters. The Bertz CT molecular complexity index is 397. The molecule has 4 nitrogen and oxygen atoms in total. The molecule has 0 aliphatic carbocycles. The first-order valence-electron chi connectivity index (χ1n) is 5.09. The van der Waals surface area contributed by atoms with Gasteiger partial charge in [0.1, 0.15) is 6.61 Å². The van der Waals surface area contributed by atoms with Crippen molar-refractivity contribution >= 4 is 27.5 Å². The van der Waals surface area contributed by atoms with Crippen molar-refractivity contribution in [3.8, 4) is 0 Å². The molecule has 2 rings (SSSR count). The maximum atomic E-state index is 11.7. The van der Waals surface area contributed by atoms with Crippen LogP contribution in [0.15, 0.2) is 28.7 Å². The Morgan fingerprint density at radius 1 is 1.50 bits per heavy atom. The topological polar surface area (TPSA) is 55.6 Å². The monoisotopic (exact) mass is 284 g/mol. The first kappa shape index (κ1) is 11.6. The van der Waals surface area contributed by atoms with Gasteiger partial charge in [0, 0.05) is 11.0 Å². The molecule has 0 saturated carbocycles. The summed E-state index contributed by atoms with van der Waals surface area (Å²) in [6, 6.07) is 7.63. The van der Waals surface area contributed by atoms with E-state index >= 15 is 0 Å². The normalized spacial score (nSPS) is 21.2. The second kappa shape index (κ2) is 4.95. The number of amides is 1. The maximum Gasteiger partial charge on any atom is 0.253 e. The van der Waals surface area contributed by atoms with Crippen LogP contribution in [0, 0.1) is 0 Å². The third-order valence-electron chi connectivity index (χ3n) is 2.54. The number of halogens is 1. The molecule has 1 fully saturated rings. The predicted octanol–water partition coefficient (Wildman–Crippen LogP) is 1.14. The fraction of sp³-hybridized carbons (Fsp3) is 0.364. The molecular formula is C11H13BrN2O2. The number of ether oxygens (including phenoxy) is 1. The number of anilines is 1. The van der Waals surface area contributed by atoms with E-state index in [-0.39, 0.29) is 18.6 Å². The highest BCUT2D eigenvalue weighted by Crippen LogP contribution is 2.27. The van der Waals surface area contributed by atoms with Gasteiger partial charge in [-0.2, -0.15) is 0 Å². The summed E-state index contributed by atoms with van der Waals surface area (Å²) in [5.41, 5.74) is 6.42. The van der Waals surface area contributed by atoms with Crippen LogP contribution in [-0.4, -0.2) is 31.7 Å². The molecule has 1 aliphatic rings. The van der Waals surface area contributed by atoms with Crippen LogP contribution in [0.2, 0.25) is 0 Å². The number of rotatable bonds is 2. The molecule has 1 aromatic carbocycles. The lowest BCUT2D eigenvalue weighted by Crippen LogP contribution is -2.49. The molecule has 1 unspecified atom stereocenters. The molecule has 0 spiro atoms. The molecule has 0 radical (unpaired) electrons. The molecule has 2 N–H and O–H groups in total. The number of hydrogen-bond donors (Lipinski definition) is 1. The summed E-state index contributed by atoms with van der Waals surface area (Å²) in [4.78, 5) is 13.5. The van der Waals surface area contributed by atoms with Crippen molar-refractivity contribution in [3.63, 3.8) is 0 Å². The summed E-state index contributed by atoms with van der Waals surface area (Å²) in [5, 5.41) is 0. The van der Waals surface area contributed by atoms with Crippen molar-refractivity contribution in [2.75, 3.05) is 24.6 Å². The molecule has 0 aromatic heterocycles. The molecule has 1 aromatic rings. The van der Waals surface area contributed by atoms with Crippen LogP contribution in [0.3, 0.4) is 0 Å². The van der Waals surface area contributed by atoms with Gasteiger partial charge in [0.25, 0.3) is 5.91 Å². The van der Waals surface area contributed by atoms with Crippen LogP contribution in [0.5, 0.6) is 0 Å². The standard InChI is InChI=1S/C11H13BrN2O2/c12-9-3-1-2-4-10(9)14-6-8(5-13)16-7-11(14)15/h1-4,8H,5-7,13H2. The van der Waals surface area contributed by atoms with Gasteiger partial charge in [0.15, 0.2) is 0 Å². The number of nitrogens with zero attached hydrogens (tertiary/aromatic N) is 1. The molecule has 1 amide bonds. The Morgan fingerprint density at radius 2 is 2.25 bits per heavy atom. The Balaban J connectivity index is 2.25. The summed E-state index contributed by atoms with van der Waals surface area (Å²) >= 11 is 3.44. The second-order valence-corrected chi connectivity index (χ2v) is 4.48. The van der Waals surface area contributed by atoms with Gasteiger partial charge in [-0.15, -0.1) is 0 Å². The Labute approximate surface area is 102 Å². The minimum atomic E-state index is -0.0789. The summed E-state index contributed by atoms with van der Waals surface area (Å²) < 4.78 is 6.20. The van der Waals surface area contributed by atoms with Crippen LogP contribution in [0.25, 0.3) is 0 Å². The number of carbonyl (C=O) groups excluding carboxylic acids is 1. The number of nitrogens with two attached hydrogens (primary N) is 1. The van der Waals surface area contributed by atoms with E-state index < -0.39 is 0 Å². The highest BCUT2D eigenvalue weighted by Gasteiger charge is 2.27. The lowest BCUT2D eigenvalue weighted by atomic mass is 10.2. The summed E-state index contributed by atoms with van der Waals surface area (Å²) in [6.45, 7) is 1.04. The third-order valence-corrected chi connectivity index (χ3v) is 3.21. The number of benzene rings is 1. The van der Waals surface area contributed by atoms with Gasteiger partial charge in [0.05, 0.1) is 18.3 Å². The Kier molecular flexibility index (Phi) is 3.58. The zero-order valence-corrected chi connectivity index (χ0v) is 10.3. The molecule has 5 heteroatoms. The molecular weight excluding hydrogens is 272 g/mol. The predicted molar refractivity (Wildman–Crippen MR) is 65.3 cm³/mol. The van der Waals surface area contributed by atoms with Gasteiger partial charge in [-0.1, -0.05) is 12.1 Å². The molecule has 1 heterocycles. The zero-order chi connectivity index (χ0) is 11.5. The van der Waals surface area contributed by atoms with Crippen molar-refractivity contribution in [2.24, 2.45) is 5.73 Å². The first-order valence-corrected chi connectivity index (χ1v) is 5.88. The maximum absolute atomic E-state index is 11.7. The third kappa shape index (κ3) is 2.26. The average Bonchev–Trinajstić information content (AvgIpc) is 2.31. The van der Waals surface area contributed by atoms with E-state index in [0.717, 1.165) is 10.2 Å². The van der Waals surface area contributed by atoms with Crippen molar-refractivity contribution in [1.29, 1.82) is 0 Å². The minimum absolute atomic E-state index is 0.0309. The van der Waals surface area contributed by atoms with Gasteiger partial charge in [0.2, 0.25) is 0 Å². The highest BCUT2D eigenvalue weighted by atomic mass is 79.9. The molecule has 86 valence electrons. The number of hydrogen-bond acceptors (Lipinski definition) is 3. The number of para-hydroxylation sites is 1. The zero-order valence-electron chi connectivity index (χ0n) is 8.73. The number of morpholine rings is 1. The van der Waals surface area contributed by atoms with Gasteiger partial charge in [-0.3, -0.25) is 4.79 Å². The van der Waals surface area contributed by atoms with E-state index in [1.807, 2.05) is 24.3 Å². The largest absolute Gasteiger partial charge is 0.365 e. The van der Waals surface area contributed by atoms with Crippen LogP contribution >= 0.6 is 15.9 Å². The first-order chi connectivity index (χ1) is 7.72. The summed E-state index contributed by atoms with van der Waals surface area (Å²) in [5.74, 6) is -0.0309. The second-order valence-electron chi connectivity index (χ2n) is 3.62. The van der Waals surface area contributed by atoms with E-state index in [9.17, 15) is 4.79 Å². The van der Waals surface area contributed by atoms with E-state index in [4.69, 9.17) is 10.5 Å². The lowest BCUT2D eigenvalue weighted by molar-refractivity contribution is -0.128. The quantitative estimate of drug-likeness (QED) is 0.886. The highest BCUT2D eigenvalue weighted by molar-refractivity contribution is 9.10. The number of carbonyl (C=O) groups is 1. The average molecular weight is 285 g/mol. The lowest BCUT2D eigenvalue weighted by Gasteiger charge is -2.32. The van der Waals surface area contributed by atoms with E-state index in [0.29, 0.717) is 13.1 Å².